The molecule has 2 aromatic rings. The van der Waals surface area contributed by atoms with E-state index in [9.17, 15) is 9.59 Å². The van der Waals surface area contributed by atoms with Crippen molar-refractivity contribution in [2.24, 2.45) is 0 Å². The maximum atomic E-state index is 12.8. The molecule has 8 nitrogen and oxygen atoms in total. The molecule has 9 heteroatoms. The summed E-state index contributed by atoms with van der Waals surface area (Å²) >= 11 is 6.25. The fraction of sp³-hybridized carbons (Fsp3) is 0.400. The number of amides is 2. The SMILES string of the molecule is C#CCN(C(=O)CN(C)C(=O)COC(C)(C)C)c1cn(-c2cccnc2)nc1Cl. The molecule has 0 atom stereocenters. The van der Waals surface area contributed by atoms with E-state index in [1.807, 2.05) is 20.8 Å². The molecule has 0 spiro atoms. The van der Waals surface area contributed by atoms with Crippen molar-refractivity contribution in [3.8, 4) is 18.0 Å². The van der Waals surface area contributed by atoms with E-state index in [1.165, 1.54) is 21.5 Å². The summed E-state index contributed by atoms with van der Waals surface area (Å²) in [4.78, 5) is 31.7. The number of aromatic nitrogens is 3. The Bertz CT molecular complexity index is 899. The van der Waals surface area contributed by atoms with Gasteiger partial charge in [0.25, 0.3) is 0 Å². The Morgan fingerprint density at radius 3 is 2.66 bits per heavy atom. The number of likely N-dealkylation sites (N-methyl/N-ethyl adjacent to an activating group) is 1. The number of hydrogen-bond donors (Lipinski definition) is 0. The van der Waals surface area contributed by atoms with Crippen molar-refractivity contribution >= 4 is 29.1 Å². The second kappa shape index (κ2) is 9.54. The summed E-state index contributed by atoms with van der Waals surface area (Å²) in [7, 11) is 1.53. The Morgan fingerprint density at radius 1 is 1.34 bits per heavy atom. The van der Waals surface area contributed by atoms with Crippen molar-refractivity contribution in [3.05, 3.63) is 35.9 Å². The van der Waals surface area contributed by atoms with Gasteiger partial charge in [0.05, 0.1) is 36.8 Å². The number of ether oxygens (including phenoxy) is 1. The number of carbonyl (C=O) groups is 2. The van der Waals surface area contributed by atoms with Crippen molar-refractivity contribution in [1.29, 1.82) is 0 Å². The molecule has 2 aromatic heterocycles. The molecule has 2 amide bonds. The monoisotopic (exact) mass is 417 g/mol. The first kappa shape index (κ1) is 22.4. The number of pyridine rings is 1. The summed E-state index contributed by atoms with van der Waals surface area (Å²) in [5, 5.41) is 4.33. The molecule has 0 saturated carbocycles. The lowest BCUT2D eigenvalue weighted by molar-refractivity contribution is -0.142. The Kier molecular flexibility index (Phi) is 7.37. The quantitative estimate of drug-likeness (QED) is 0.645. The minimum Gasteiger partial charge on any atom is -0.366 e. The summed E-state index contributed by atoms with van der Waals surface area (Å²) in [5.74, 6) is 1.74. The molecule has 2 rings (SSSR count). The molecule has 0 aliphatic carbocycles. The molecule has 0 fully saturated rings. The average molecular weight is 418 g/mol. The van der Waals surface area contributed by atoms with Gasteiger partial charge in [-0.25, -0.2) is 4.68 Å². The van der Waals surface area contributed by atoms with Crippen LogP contribution < -0.4 is 4.90 Å². The molecular formula is C20H24ClN5O3. The van der Waals surface area contributed by atoms with E-state index in [0.717, 1.165) is 0 Å². The van der Waals surface area contributed by atoms with Crippen LogP contribution in [0.4, 0.5) is 5.69 Å². The molecule has 0 N–H and O–H groups in total. The fourth-order valence-corrected chi connectivity index (χ4v) is 2.54. The first-order valence-corrected chi connectivity index (χ1v) is 9.27. The van der Waals surface area contributed by atoms with Gasteiger partial charge in [0.1, 0.15) is 12.3 Å². The normalized spacial score (nSPS) is 11.0. The molecule has 0 aliphatic rings. The highest BCUT2D eigenvalue weighted by Gasteiger charge is 2.24. The van der Waals surface area contributed by atoms with Gasteiger partial charge < -0.3 is 9.64 Å². The maximum Gasteiger partial charge on any atom is 0.248 e. The van der Waals surface area contributed by atoms with Gasteiger partial charge in [-0.3, -0.25) is 19.5 Å². The first-order chi connectivity index (χ1) is 13.6. The number of nitrogens with zero attached hydrogens (tertiary/aromatic N) is 5. The van der Waals surface area contributed by atoms with Gasteiger partial charge in [-0.1, -0.05) is 17.5 Å². The summed E-state index contributed by atoms with van der Waals surface area (Å²) < 4.78 is 6.98. The zero-order valence-corrected chi connectivity index (χ0v) is 17.7. The van der Waals surface area contributed by atoms with Gasteiger partial charge in [-0.15, -0.1) is 6.42 Å². The van der Waals surface area contributed by atoms with E-state index in [4.69, 9.17) is 22.8 Å². The van der Waals surface area contributed by atoms with E-state index >= 15 is 0 Å². The predicted molar refractivity (Wildman–Crippen MR) is 111 cm³/mol. The highest BCUT2D eigenvalue weighted by atomic mass is 35.5. The van der Waals surface area contributed by atoms with Crippen LogP contribution in [0.1, 0.15) is 20.8 Å². The second-order valence-corrected chi connectivity index (χ2v) is 7.65. The van der Waals surface area contributed by atoms with Gasteiger partial charge in [0.15, 0.2) is 5.15 Å². The number of anilines is 1. The van der Waals surface area contributed by atoms with Crippen LogP contribution in [0.15, 0.2) is 30.7 Å². The van der Waals surface area contributed by atoms with Crippen LogP contribution in [0.25, 0.3) is 5.69 Å². The molecular weight excluding hydrogens is 394 g/mol. The zero-order valence-electron chi connectivity index (χ0n) is 16.9. The third-order valence-corrected chi connectivity index (χ3v) is 4.10. The minimum absolute atomic E-state index is 0.0161. The second-order valence-electron chi connectivity index (χ2n) is 7.30. The van der Waals surface area contributed by atoms with Crippen molar-refractivity contribution in [3.63, 3.8) is 0 Å². The topological polar surface area (TPSA) is 80.6 Å². The van der Waals surface area contributed by atoms with Crippen LogP contribution >= 0.6 is 11.6 Å². The van der Waals surface area contributed by atoms with Gasteiger partial charge in [0, 0.05) is 13.2 Å². The van der Waals surface area contributed by atoms with Gasteiger partial charge in [-0.2, -0.15) is 5.10 Å². The molecule has 0 aromatic carbocycles. The third kappa shape index (κ3) is 6.31. The predicted octanol–water partition coefficient (Wildman–Crippen LogP) is 2.16. The van der Waals surface area contributed by atoms with E-state index in [1.54, 1.807) is 30.7 Å². The fourth-order valence-electron chi connectivity index (χ4n) is 2.31. The standard InChI is InChI=1S/C20H24ClN5O3/c1-6-10-25(17(27)13-24(5)18(28)14-29-20(2,3)4)16-12-26(23-19(16)21)15-8-7-9-22-11-15/h1,7-9,11-12H,10,13-14H2,2-5H3. The van der Waals surface area contributed by atoms with E-state index in [-0.39, 0.29) is 36.7 Å². The summed E-state index contributed by atoms with van der Waals surface area (Å²) in [6.45, 7) is 5.23. The number of carbonyl (C=O) groups excluding carboxylic acids is 2. The Balaban J connectivity index is 2.15. The first-order valence-electron chi connectivity index (χ1n) is 8.89. The average Bonchev–Trinajstić information content (AvgIpc) is 3.05. The van der Waals surface area contributed by atoms with Gasteiger partial charge in [0.2, 0.25) is 11.8 Å². The van der Waals surface area contributed by atoms with Crippen LogP contribution in [-0.2, 0) is 14.3 Å². The molecule has 29 heavy (non-hydrogen) atoms. The van der Waals surface area contributed by atoms with Crippen molar-refractivity contribution in [2.75, 3.05) is 31.6 Å². The Hall–Kier alpha value is -2.89. The van der Waals surface area contributed by atoms with Crippen LogP contribution in [0.3, 0.4) is 0 Å². The lowest BCUT2D eigenvalue weighted by Crippen LogP contribution is -2.43. The van der Waals surface area contributed by atoms with Crippen molar-refractivity contribution in [2.45, 2.75) is 26.4 Å². The van der Waals surface area contributed by atoms with Crippen LogP contribution in [-0.4, -0.2) is 63.8 Å². The van der Waals surface area contributed by atoms with E-state index in [0.29, 0.717) is 11.4 Å². The summed E-state index contributed by atoms with van der Waals surface area (Å²) in [5.41, 5.74) is 0.579. The summed E-state index contributed by atoms with van der Waals surface area (Å²) in [6, 6.07) is 3.56. The number of rotatable bonds is 7. The molecule has 0 saturated heterocycles. The van der Waals surface area contributed by atoms with Crippen LogP contribution in [0.2, 0.25) is 5.15 Å². The van der Waals surface area contributed by atoms with Crippen LogP contribution in [0, 0.1) is 12.3 Å². The molecule has 2 heterocycles. The molecule has 0 radical (unpaired) electrons. The summed E-state index contributed by atoms with van der Waals surface area (Å²) in [6.07, 6.45) is 10.3. The molecule has 0 unspecified atom stereocenters. The van der Waals surface area contributed by atoms with E-state index < -0.39 is 5.60 Å². The van der Waals surface area contributed by atoms with Crippen LogP contribution in [0.5, 0.6) is 0 Å². The number of terminal acetylenes is 1. The molecule has 154 valence electrons. The van der Waals surface area contributed by atoms with Gasteiger partial charge >= 0.3 is 0 Å². The molecule has 0 aliphatic heterocycles. The molecule has 0 bridgehead atoms. The largest absolute Gasteiger partial charge is 0.366 e. The lowest BCUT2D eigenvalue weighted by atomic mass is 10.2. The van der Waals surface area contributed by atoms with E-state index in [2.05, 4.69) is 16.0 Å². The smallest absolute Gasteiger partial charge is 0.248 e. The lowest BCUT2D eigenvalue weighted by Gasteiger charge is -2.25. The third-order valence-electron chi connectivity index (χ3n) is 3.83. The number of halogens is 1. The Morgan fingerprint density at radius 2 is 2.07 bits per heavy atom. The van der Waals surface area contributed by atoms with Crippen molar-refractivity contribution < 1.29 is 14.3 Å². The Labute approximate surface area is 175 Å². The highest BCUT2D eigenvalue weighted by molar-refractivity contribution is 6.32. The van der Waals surface area contributed by atoms with Gasteiger partial charge in [-0.05, 0) is 32.9 Å². The minimum atomic E-state index is -0.454. The number of hydrogen-bond acceptors (Lipinski definition) is 5. The highest BCUT2D eigenvalue weighted by Crippen LogP contribution is 2.26. The zero-order chi connectivity index (χ0) is 21.6. The maximum absolute atomic E-state index is 12.8. The van der Waals surface area contributed by atoms with Crippen molar-refractivity contribution in [1.82, 2.24) is 19.7 Å².